The fraction of sp³-hybridized carbons (Fsp3) is 0.238. The second kappa shape index (κ2) is 8.31. The van der Waals surface area contributed by atoms with Crippen molar-refractivity contribution in [1.82, 2.24) is 19.9 Å². The van der Waals surface area contributed by atoms with E-state index in [1.54, 1.807) is 4.90 Å². The van der Waals surface area contributed by atoms with Crippen LogP contribution >= 0.6 is 11.6 Å². The Labute approximate surface area is 176 Å². The number of carbonyl (C=O) groups excluding carboxylic acids is 1. The number of hydrogen-bond donors (Lipinski definition) is 1. The number of hydrogen-bond acceptors (Lipinski definition) is 5. The lowest BCUT2D eigenvalue weighted by molar-refractivity contribution is -0.127. The molecule has 3 heterocycles. The van der Waals surface area contributed by atoms with Crippen molar-refractivity contribution >= 4 is 40.0 Å². The minimum absolute atomic E-state index is 0.0194. The van der Waals surface area contributed by atoms with Crippen LogP contribution in [0.5, 0.6) is 0 Å². The third kappa shape index (κ3) is 3.95. The second-order valence-electron chi connectivity index (χ2n) is 7.02. The van der Waals surface area contributed by atoms with Gasteiger partial charge in [0.25, 0.3) is 0 Å². The first kappa shape index (κ1) is 20.2. The van der Waals surface area contributed by atoms with Crippen LogP contribution in [0.3, 0.4) is 0 Å². The quantitative estimate of drug-likeness (QED) is 0.485. The fourth-order valence-corrected chi connectivity index (χ4v) is 3.73. The molecule has 1 aliphatic rings. The summed E-state index contributed by atoms with van der Waals surface area (Å²) in [6.45, 7) is 4.78. The number of fused-ring (bicyclic) bond motifs is 1. The largest absolute Gasteiger partial charge is 0.339 e. The molecule has 0 bridgehead atoms. The van der Waals surface area contributed by atoms with Crippen molar-refractivity contribution in [3.05, 3.63) is 65.6 Å². The molecule has 1 N–H and O–H groups in total. The van der Waals surface area contributed by atoms with Gasteiger partial charge in [-0.1, -0.05) is 18.2 Å². The highest BCUT2D eigenvalue weighted by molar-refractivity contribution is 6.31. The van der Waals surface area contributed by atoms with Gasteiger partial charge in [0.05, 0.1) is 16.2 Å². The normalized spacial score (nSPS) is 16.5. The lowest BCUT2D eigenvalue weighted by Crippen LogP contribution is -2.38. The monoisotopic (exact) mass is 429 g/mol. The molecule has 1 amide bonds. The highest BCUT2D eigenvalue weighted by atomic mass is 35.5. The van der Waals surface area contributed by atoms with E-state index in [0.29, 0.717) is 30.2 Å². The van der Waals surface area contributed by atoms with Crippen molar-refractivity contribution in [1.29, 1.82) is 0 Å². The van der Waals surface area contributed by atoms with Gasteiger partial charge in [-0.25, -0.2) is 23.7 Å². The van der Waals surface area contributed by atoms with E-state index in [2.05, 4.69) is 21.9 Å². The predicted molar refractivity (Wildman–Crippen MR) is 111 cm³/mol. The highest BCUT2D eigenvalue weighted by Crippen LogP contribution is 2.30. The average molecular weight is 430 g/mol. The maximum Gasteiger partial charge on any atom is 0.245 e. The number of nitrogens with one attached hydrogen (secondary N) is 1. The van der Waals surface area contributed by atoms with E-state index in [1.165, 1.54) is 12.4 Å². The molecule has 1 aromatic carbocycles. The van der Waals surface area contributed by atoms with Gasteiger partial charge in [0.15, 0.2) is 5.82 Å². The smallest absolute Gasteiger partial charge is 0.245 e. The summed E-state index contributed by atoms with van der Waals surface area (Å²) >= 11 is 5.78. The lowest BCUT2D eigenvalue weighted by atomic mass is 9.94. The Hall–Kier alpha value is -3.13. The van der Waals surface area contributed by atoms with E-state index in [-0.39, 0.29) is 28.4 Å². The van der Waals surface area contributed by atoms with Crippen LogP contribution in [0, 0.1) is 11.6 Å². The molecule has 9 heteroatoms. The summed E-state index contributed by atoms with van der Waals surface area (Å²) in [5.41, 5.74) is 1.79. The van der Waals surface area contributed by atoms with Crippen LogP contribution in [0.25, 0.3) is 11.0 Å². The Morgan fingerprint density at radius 1 is 1.27 bits per heavy atom. The van der Waals surface area contributed by atoms with Gasteiger partial charge in [0, 0.05) is 30.8 Å². The van der Waals surface area contributed by atoms with Crippen molar-refractivity contribution in [3.8, 4) is 0 Å². The molecular weight excluding hydrogens is 412 g/mol. The highest BCUT2D eigenvalue weighted by Gasteiger charge is 2.25. The van der Waals surface area contributed by atoms with Crippen LogP contribution in [0.2, 0.25) is 5.02 Å². The van der Waals surface area contributed by atoms with Crippen LogP contribution in [0.4, 0.5) is 20.3 Å². The molecule has 6 nitrogen and oxygen atoms in total. The Balaban J connectivity index is 1.68. The minimum Gasteiger partial charge on any atom is -0.339 e. The molecule has 4 rings (SSSR count). The minimum atomic E-state index is -0.844. The Morgan fingerprint density at radius 3 is 2.90 bits per heavy atom. The fourth-order valence-electron chi connectivity index (χ4n) is 3.57. The molecule has 0 aliphatic carbocycles. The van der Waals surface area contributed by atoms with E-state index in [0.717, 1.165) is 24.6 Å². The Bertz CT molecular complexity index is 1140. The van der Waals surface area contributed by atoms with Crippen molar-refractivity contribution in [2.24, 2.45) is 0 Å². The van der Waals surface area contributed by atoms with Crippen molar-refractivity contribution in [2.75, 3.05) is 18.4 Å². The number of anilines is 2. The zero-order chi connectivity index (χ0) is 21.3. The number of carbonyl (C=O) groups is 1. The Morgan fingerprint density at radius 2 is 2.10 bits per heavy atom. The van der Waals surface area contributed by atoms with Crippen LogP contribution in [-0.2, 0) is 4.79 Å². The summed E-state index contributed by atoms with van der Waals surface area (Å²) in [6, 6.07) is 5.55. The van der Waals surface area contributed by atoms with Gasteiger partial charge in [-0.05, 0) is 37.1 Å². The number of piperidine rings is 1. The summed E-state index contributed by atoms with van der Waals surface area (Å²) < 4.78 is 27.6. The molecule has 1 fully saturated rings. The van der Waals surface area contributed by atoms with Gasteiger partial charge >= 0.3 is 0 Å². The average Bonchev–Trinajstić information content (AvgIpc) is 2.77. The molecule has 154 valence electrons. The van der Waals surface area contributed by atoms with E-state index in [1.807, 2.05) is 12.1 Å². The second-order valence-corrected chi connectivity index (χ2v) is 7.43. The number of aromatic nitrogens is 3. The summed E-state index contributed by atoms with van der Waals surface area (Å²) in [4.78, 5) is 26.8. The number of halogens is 3. The van der Waals surface area contributed by atoms with Gasteiger partial charge < -0.3 is 10.2 Å². The maximum absolute atomic E-state index is 14.2. The summed E-state index contributed by atoms with van der Waals surface area (Å²) in [5, 5.41) is 2.62. The third-order valence-corrected chi connectivity index (χ3v) is 5.38. The first-order valence-electron chi connectivity index (χ1n) is 9.41. The number of likely N-dealkylation sites (tertiary alicyclic amines) is 1. The molecular formula is C21H18ClF2N5O. The van der Waals surface area contributed by atoms with Gasteiger partial charge in [-0.3, -0.25) is 4.79 Å². The Kier molecular flexibility index (Phi) is 5.59. The molecule has 1 unspecified atom stereocenters. The first-order valence-corrected chi connectivity index (χ1v) is 9.78. The molecule has 30 heavy (non-hydrogen) atoms. The number of nitrogens with zero attached hydrogens (tertiary/aromatic N) is 4. The molecule has 0 spiro atoms. The lowest BCUT2D eigenvalue weighted by Gasteiger charge is -2.31. The molecule has 2 aromatic heterocycles. The van der Waals surface area contributed by atoms with Crippen LogP contribution in [-0.4, -0.2) is 38.8 Å². The molecule has 0 radical (unpaired) electrons. The van der Waals surface area contributed by atoms with Crippen LogP contribution in [0.15, 0.2) is 43.2 Å². The van der Waals surface area contributed by atoms with E-state index in [9.17, 15) is 13.6 Å². The van der Waals surface area contributed by atoms with Crippen molar-refractivity contribution < 1.29 is 13.6 Å². The van der Waals surface area contributed by atoms with E-state index >= 15 is 0 Å². The zero-order valence-electron chi connectivity index (χ0n) is 15.9. The molecule has 3 aromatic rings. The SMILES string of the molecule is C=CC(=O)N1CCCC(c2ccc3ncnc(Nc4cc(Cl)c(F)cc4F)c3n2)C1. The number of pyridine rings is 1. The van der Waals surface area contributed by atoms with Crippen molar-refractivity contribution in [2.45, 2.75) is 18.8 Å². The molecule has 0 saturated carbocycles. The first-order chi connectivity index (χ1) is 14.5. The van der Waals surface area contributed by atoms with Gasteiger partial charge in [-0.2, -0.15) is 0 Å². The van der Waals surface area contributed by atoms with Gasteiger partial charge in [0.1, 0.15) is 23.5 Å². The summed E-state index contributed by atoms with van der Waals surface area (Å²) in [6.07, 6.45) is 4.40. The number of benzene rings is 1. The topological polar surface area (TPSA) is 71.0 Å². The number of rotatable bonds is 4. The molecule has 1 aliphatic heterocycles. The van der Waals surface area contributed by atoms with E-state index < -0.39 is 11.6 Å². The van der Waals surface area contributed by atoms with Gasteiger partial charge in [-0.15, -0.1) is 0 Å². The van der Waals surface area contributed by atoms with Crippen molar-refractivity contribution in [3.63, 3.8) is 0 Å². The number of amides is 1. The molecule has 1 saturated heterocycles. The predicted octanol–water partition coefficient (Wildman–Crippen LogP) is 4.59. The third-order valence-electron chi connectivity index (χ3n) is 5.09. The van der Waals surface area contributed by atoms with Crippen LogP contribution in [0.1, 0.15) is 24.5 Å². The van der Waals surface area contributed by atoms with Gasteiger partial charge in [0.2, 0.25) is 5.91 Å². The summed E-state index contributed by atoms with van der Waals surface area (Å²) in [5.74, 6) is -1.42. The summed E-state index contributed by atoms with van der Waals surface area (Å²) in [7, 11) is 0. The molecule has 1 atom stereocenters. The standard InChI is InChI=1S/C21H18ClF2N5O/c1-2-19(30)29-7-3-4-12(10-29)16-5-6-17-20(27-16)21(26-11-25-17)28-18-8-13(22)14(23)9-15(18)24/h2,5-6,8-9,11-12H,1,3-4,7,10H2,(H,25,26,28). The zero-order valence-corrected chi connectivity index (χ0v) is 16.7. The van der Waals surface area contributed by atoms with Crippen LogP contribution < -0.4 is 5.32 Å². The van der Waals surface area contributed by atoms with E-state index in [4.69, 9.17) is 16.6 Å². The maximum atomic E-state index is 14.2.